The van der Waals surface area contributed by atoms with Crippen molar-refractivity contribution in [3.8, 4) is 0 Å². The molecule has 1 aliphatic heterocycles. The predicted molar refractivity (Wildman–Crippen MR) is 105 cm³/mol. The third kappa shape index (κ3) is 6.18. The number of anilines is 1. The summed E-state index contributed by atoms with van der Waals surface area (Å²) in [5.41, 5.74) is 1.90. The van der Waals surface area contributed by atoms with E-state index < -0.39 is 0 Å². The van der Waals surface area contributed by atoms with Crippen LogP contribution in [0, 0.1) is 11.8 Å². The smallest absolute Gasteiger partial charge is 0.222 e. The second-order valence-corrected chi connectivity index (χ2v) is 7.03. The number of piperazine rings is 1. The molecule has 0 atom stereocenters. The molecule has 4 nitrogen and oxygen atoms in total. The van der Waals surface area contributed by atoms with Gasteiger partial charge in [-0.15, -0.1) is 0 Å². The number of rotatable bonds is 5. The first-order valence-corrected chi connectivity index (χ1v) is 9.55. The highest BCUT2D eigenvalue weighted by Crippen LogP contribution is 2.19. The van der Waals surface area contributed by atoms with Crippen LogP contribution < -0.4 is 4.90 Å². The molecule has 140 valence electrons. The number of carbonyl (C=O) groups excluding carboxylic acids is 2. The molecule has 1 aromatic rings. The van der Waals surface area contributed by atoms with Gasteiger partial charge in [-0.1, -0.05) is 41.5 Å². The maximum atomic E-state index is 12.1. The third-order valence-electron chi connectivity index (χ3n) is 4.26. The Balaban J connectivity index is 0.00000151. The van der Waals surface area contributed by atoms with Crippen LogP contribution in [0.3, 0.4) is 0 Å². The van der Waals surface area contributed by atoms with Crippen molar-refractivity contribution in [2.75, 3.05) is 31.1 Å². The largest absolute Gasteiger partial charge is 0.368 e. The summed E-state index contributed by atoms with van der Waals surface area (Å²) in [5.74, 6) is 0.876. The van der Waals surface area contributed by atoms with E-state index in [4.69, 9.17) is 0 Å². The third-order valence-corrected chi connectivity index (χ3v) is 4.26. The van der Waals surface area contributed by atoms with E-state index >= 15 is 0 Å². The van der Waals surface area contributed by atoms with Gasteiger partial charge in [-0.2, -0.15) is 0 Å². The molecule has 1 saturated heterocycles. The van der Waals surface area contributed by atoms with Gasteiger partial charge in [-0.3, -0.25) is 9.59 Å². The lowest BCUT2D eigenvalue weighted by atomic mass is 10.0. The summed E-state index contributed by atoms with van der Waals surface area (Å²) >= 11 is 0. The number of carbonyl (C=O) groups is 2. The van der Waals surface area contributed by atoms with E-state index in [1.807, 2.05) is 56.9 Å². The van der Waals surface area contributed by atoms with Crippen LogP contribution in [0.4, 0.5) is 5.69 Å². The van der Waals surface area contributed by atoms with Gasteiger partial charge in [0.2, 0.25) is 5.91 Å². The van der Waals surface area contributed by atoms with Crippen LogP contribution in [0.25, 0.3) is 0 Å². The molecule has 4 heteroatoms. The first-order valence-electron chi connectivity index (χ1n) is 9.55. The molecular formula is C21H34N2O2. The Hall–Kier alpha value is -1.84. The molecule has 0 radical (unpaired) electrons. The zero-order chi connectivity index (χ0) is 19.0. The Morgan fingerprint density at radius 3 is 1.88 bits per heavy atom. The molecule has 2 rings (SSSR count). The topological polar surface area (TPSA) is 40.6 Å². The highest BCUT2D eigenvalue weighted by atomic mass is 16.2. The molecule has 0 spiro atoms. The van der Waals surface area contributed by atoms with Crippen molar-refractivity contribution in [2.24, 2.45) is 11.8 Å². The van der Waals surface area contributed by atoms with Crippen LogP contribution in [0.5, 0.6) is 0 Å². The monoisotopic (exact) mass is 346 g/mol. The fourth-order valence-electron chi connectivity index (χ4n) is 2.86. The SMILES string of the molecule is CC.CC(C)CC(=O)N1CCN(c2ccc(C(=O)C(C)C)cc2)CC1. The average molecular weight is 347 g/mol. The lowest BCUT2D eigenvalue weighted by Gasteiger charge is -2.36. The lowest BCUT2D eigenvalue weighted by Crippen LogP contribution is -2.49. The zero-order valence-corrected chi connectivity index (χ0v) is 16.7. The van der Waals surface area contributed by atoms with Gasteiger partial charge in [-0.25, -0.2) is 0 Å². The summed E-state index contributed by atoms with van der Waals surface area (Å²) < 4.78 is 0. The van der Waals surface area contributed by atoms with Crippen molar-refractivity contribution in [1.82, 2.24) is 4.90 Å². The minimum atomic E-state index is 0.0244. The van der Waals surface area contributed by atoms with Crippen molar-refractivity contribution in [3.63, 3.8) is 0 Å². The molecular weight excluding hydrogens is 312 g/mol. The normalized spacial score (nSPS) is 14.4. The van der Waals surface area contributed by atoms with Gasteiger partial charge in [0.15, 0.2) is 5.78 Å². The van der Waals surface area contributed by atoms with Gasteiger partial charge in [0.25, 0.3) is 0 Å². The Labute approximate surface area is 153 Å². The fraction of sp³-hybridized carbons (Fsp3) is 0.619. The van der Waals surface area contributed by atoms with Crippen molar-refractivity contribution in [2.45, 2.75) is 48.0 Å². The molecule has 25 heavy (non-hydrogen) atoms. The molecule has 0 N–H and O–H groups in total. The van der Waals surface area contributed by atoms with E-state index in [-0.39, 0.29) is 17.6 Å². The Morgan fingerprint density at radius 2 is 1.44 bits per heavy atom. The summed E-state index contributed by atoms with van der Waals surface area (Å²) in [7, 11) is 0. The molecule has 1 fully saturated rings. The van der Waals surface area contributed by atoms with E-state index in [9.17, 15) is 9.59 Å². The van der Waals surface area contributed by atoms with Crippen LogP contribution in [-0.2, 0) is 4.79 Å². The second kappa shape index (κ2) is 10.2. The van der Waals surface area contributed by atoms with Crippen LogP contribution in [0.1, 0.15) is 58.3 Å². The van der Waals surface area contributed by atoms with Gasteiger partial charge >= 0.3 is 0 Å². The first kappa shape index (κ1) is 21.2. The average Bonchev–Trinajstić information content (AvgIpc) is 2.62. The summed E-state index contributed by atoms with van der Waals surface area (Å²) in [6, 6.07) is 7.85. The fourth-order valence-corrected chi connectivity index (χ4v) is 2.86. The minimum absolute atomic E-state index is 0.0244. The van der Waals surface area contributed by atoms with E-state index in [1.165, 1.54) is 0 Å². The second-order valence-electron chi connectivity index (χ2n) is 7.03. The molecule has 1 aliphatic rings. The summed E-state index contributed by atoms with van der Waals surface area (Å²) in [6.07, 6.45) is 0.631. The van der Waals surface area contributed by atoms with Gasteiger partial charge in [-0.05, 0) is 30.2 Å². The highest BCUT2D eigenvalue weighted by molar-refractivity contribution is 5.97. The number of Topliss-reactive ketones (excluding diaryl/α,β-unsaturated/α-hetero) is 1. The molecule has 0 aliphatic carbocycles. The van der Waals surface area contributed by atoms with Crippen molar-refractivity contribution >= 4 is 17.4 Å². The standard InChI is InChI=1S/C19H28N2O2.C2H6/c1-14(2)13-18(22)21-11-9-20(10-12-21)17-7-5-16(6-8-17)19(23)15(3)4;1-2/h5-8,14-15H,9-13H2,1-4H3;1-2H3. The number of nitrogens with zero attached hydrogens (tertiary/aromatic N) is 2. The Morgan fingerprint density at radius 1 is 0.920 bits per heavy atom. The number of ketones is 1. The van der Waals surface area contributed by atoms with Crippen molar-refractivity contribution in [3.05, 3.63) is 29.8 Å². The van der Waals surface area contributed by atoms with E-state index in [2.05, 4.69) is 18.7 Å². The summed E-state index contributed by atoms with van der Waals surface area (Å²) in [5, 5.41) is 0. The van der Waals surface area contributed by atoms with Gasteiger partial charge in [0.1, 0.15) is 0 Å². The molecule has 1 heterocycles. The van der Waals surface area contributed by atoms with E-state index in [0.29, 0.717) is 12.3 Å². The predicted octanol–water partition coefficient (Wildman–Crippen LogP) is 4.25. The molecule has 1 aromatic carbocycles. The molecule has 0 saturated carbocycles. The van der Waals surface area contributed by atoms with Gasteiger partial charge < -0.3 is 9.80 Å². The van der Waals surface area contributed by atoms with Crippen LogP contribution in [0.15, 0.2) is 24.3 Å². The van der Waals surface area contributed by atoms with Crippen molar-refractivity contribution < 1.29 is 9.59 Å². The maximum absolute atomic E-state index is 12.1. The molecule has 1 amide bonds. The first-order chi connectivity index (χ1) is 11.9. The number of benzene rings is 1. The van der Waals surface area contributed by atoms with Gasteiger partial charge in [0, 0.05) is 49.8 Å². The van der Waals surface area contributed by atoms with E-state index in [1.54, 1.807) is 0 Å². The summed E-state index contributed by atoms with van der Waals surface area (Å²) in [4.78, 5) is 28.3. The van der Waals surface area contributed by atoms with Crippen LogP contribution in [0.2, 0.25) is 0 Å². The highest BCUT2D eigenvalue weighted by Gasteiger charge is 2.21. The Kier molecular flexibility index (Phi) is 8.67. The lowest BCUT2D eigenvalue weighted by molar-refractivity contribution is -0.132. The summed E-state index contributed by atoms with van der Waals surface area (Å²) in [6.45, 7) is 15.2. The number of hydrogen-bond acceptors (Lipinski definition) is 3. The Bertz CT molecular complexity index is 542. The van der Waals surface area contributed by atoms with E-state index in [0.717, 1.165) is 37.4 Å². The van der Waals surface area contributed by atoms with Crippen LogP contribution >= 0.6 is 0 Å². The molecule has 0 aromatic heterocycles. The van der Waals surface area contributed by atoms with Crippen molar-refractivity contribution in [1.29, 1.82) is 0 Å². The zero-order valence-electron chi connectivity index (χ0n) is 16.7. The van der Waals surface area contributed by atoms with Crippen LogP contribution in [-0.4, -0.2) is 42.8 Å². The minimum Gasteiger partial charge on any atom is -0.368 e. The molecule has 0 bridgehead atoms. The quantitative estimate of drug-likeness (QED) is 0.749. The molecule has 0 unspecified atom stereocenters. The number of amides is 1. The maximum Gasteiger partial charge on any atom is 0.222 e. The van der Waals surface area contributed by atoms with Gasteiger partial charge in [0.05, 0.1) is 0 Å². The number of hydrogen-bond donors (Lipinski definition) is 0.